The number of halogens is 2. The number of piperidine rings is 1. The molecule has 1 aliphatic rings. The molecule has 3 aromatic rings. The lowest BCUT2D eigenvalue weighted by Gasteiger charge is -2.33. The minimum absolute atomic E-state index is 0.0570. The third-order valence-electron chi connectivity index (χ3n) is 6.71. The lowest BCUT2D eigenvalue weighted by Crippen LogP contribution is -2.42. The van der Waals surface area contributed by atoms with Gasteiger partial charge in [-0.05, 0) is 66.3 Å². The third kappa shape index (κ3) is 6.60. The summed E-state index contributed by atoms with van der Waals surface area (Å²) < 4.78 is 40.4. The van der Waals surface area contributed by atoms with E-state index in [9.17, 15) is 22.4 Å². The van der Waals surface area contributed by atoms with Crippen molar-refractivity contribution in [1.82, 2.24) is 0 Å². The van der Waals surface area contributed by atoms with Crippen molar-refractivity contribution in [2.45, 2.75) is 39.0 Å². The van der Waals surface area contributed by atoms with Crippen molar-refractivity contribution in [3.8, 4) is 11.1 Å². The SMILES string of the molecule is CCc1cc(-c2ccccc2NS(C)(=O)=O)ccc1N1CCC[C@@H](CC(=O)Cc2ccc(Cl)cc2F)C1=O. The molecule has 1 saturated heterocycles. The Morgan fingerprint density at radius 1 is 1.11 bits per heavy atom. The molecule has 1 atom stereocenters. The quantitative estimate of drug-likeness (QED) is 0.349. The van der Waals surface area contributed by atoms with E-state index in [0.29, 0.717) is 25.1 Å². The van der Waals surface area contributed by atoms with Gasteiger partial charge in [-0.1, -0.05) is 48.9 Å². The molecule has 0 aromatic heterocycles. The first kappa shape index (κ1) is 27.8. The molecule has 200 valence electrons. The van der Waals surface area contributed by atoms with Crippen LogP contribution in [-0.2, 0) is 32.5 Å². The number of carbonyl (C=O) groups is 2. The molecule has 0 bridgehead atoms. The van der Waals surface area contributed by atoms with E-state index >= 15 is 0 Å². The average Bonchev–Trinajstić information content (AvgIpc) is 2.86. The molecule has 0 unspecified atom stereocenters. The molecular weight excluding hydrogens is 527 g/mol. The number of ketones is 1. The first-order chi connectivity index (χ1) is 18.1. The van der Waals surface area contributed by atoms with Gasteiger partial charge in [-0.3, -0.25) is 14.3 Å². The smallest absolute Gasteiger partial charge is 0.230 e. The first-order valence-electron chi connectivity index (χ1n) is 12.5. The number of nitrogens with zero attached hydrogens (tertiary/aromatic N) is 1. The Morgan fingerprint density at radius 3 is 2.58 bits per heavy atom. The summed E-state index contributed by atoms with van der Waals surface area (Å²) in [7, 11) is -3.45. The maximum absolute atomic E-state index is 14.1. The van der Waals surface area contributed by atoms with Gasteiger partial charge in [-0.25, -0.2) is 12.8 Å². The van der Waals surface area contributed by atoms with Crippen LogP contribution in [0.5, 0.6) is 0 Å². The van der Waals surface area contributed by atoms with Gasteiger partial charge in [-0.15, -0.1) is 0 Å². The van der Waals surface area contributed by atoms with Gasteiger partial charge in [0.1, 0.15) is 11.6 Å². The number of para-hydroxylation sites is 1. The van der Waals surface area contributed by atoms with E-state index in [0.717, 1.165) is 35.1 Å². The minimum Gasteiger partial charge on any atom is -0.312 e. The van der Waals surface area contributed by atoms with Crippen molar-refractivity contribution in [3.05, 3.63) is 82.6 Å². The van der Waals surface area contributed by atoms with Crippen molar-refractivity contribution in [2.75, 3.05) is 22.4 Å². The lowest BCUT2D eigenvalue weighted by atomic mass is 9.89. The summed E-state index contributed by atoms with van der Waals surface area (Å²) in [5.74, 6) is -1.28. The molecular formula is C29H30ClFN2O4S. The van der Waals surface area contributed by atoms with Gasteiger partial charge in [0.25, 0.3) is 0 Å². The van der Waals surface area contributed by atoms with Crippen LogP contribution in [0.25, 0.3) is 11.1 Å². The summed E-state index contributed by atoms with van der Waals surface area (Å²) >= 11 is 5.80. The summed E-state index contributed by atoms with van der Waals surface area (Å²) in [6, 6.07) is 17.1. The number of Topliss-reactive ketones (excluding diaryl/α,β-unsaturated/α-hetero) is 1. The molecule has 1 heterocycles. The van der Waals surface area contributed by atoms with Crippen LogP contribution >= 0.6 is 11.6 Å². The van der Waals surface area contributed by atoms with Crippen molar-refractivity contribution >= 4 is 44.7 Å². The van der Waals surface area contributed by atoms with Crippen LogP contribution in [0, 0.1) is 11.7 Å². The Labute approximate surface area is 227 Å². The number of rotatable bonds is 9. The molecule has 0 radical (unpaired) electrons. The number of sulfonamides is 1. The maximum atomic E-state index is 14.1. The maximum Gasteiger partial charge on any atom is 0.230 e. The van der Waals surface area contributed by atoms with E-state index in [1.807, 2.05) is 37.3 Å². The standard InChI is InChI=1S/C29H30ClFN2O4S/c1-3-19-15-20(25-8-4-5-9-27(25)32-38(2,36)37)11-13-28(19)33-14-6-7-22(29(33)35)17-24(34)16-21-10-12-23(30)18-26(21)31/h4-5,8-13,15,18,22,32H,3,6-7,14,16-17H2,1-2H3/t22-/m0/s1. The number of carbonyl (C=O) groups excluding carboxylic acids is 2. The van der Waals surface area contributed by atoms with Crippen LogP contribution in [0.4, 0.5) is 15.8 Å². The second-order valence-corrected chi connectivity index (χ2v) is 11.8. The number of amides is 1. The molecule has 0 aliphatic carbocycles. The highest BCUT2D eigenvalue weighted by Gasteiger charge is 2.32. The van der Waals surface area contributed by atoms with E-state index in [1.54, 1.807) is 23.1 Å². The van der Waals surface area contributed by atoms with Gasteiger partial charge < -0.3 is 4.90 Å². The van der Waals surface area contributed by atoms with Gasteiger partial charge >= 0.3 is 0 Å². The number of benzene rings is 3. The Bertz CT molecular complexity index is 1480. The number of anilines is 2. The summed E-state index contributed by atoms with van der Waals surface area (Å²) in [4.78, 5) is 28.0. The van der Waals surface area contributed by atoms with E-state index < -0.39 is 21.8 Å². The molecule has 0 saturated carbocycles. The van der Waals surface area contributed by atoms with E-state index in [-0.39, 0.29) is 35.1 Å². The monoisotopic (exact) mass is 556 g/mol. The topological polar surface area (TPSA) is 83.6 Å². The molecule has 6 nitrogen and oxygen atoms in total. The molecule has 1 amide bonds. The third-order valence-corrected chi connectivity index (χ3v) is 7.54. The summed E-state index contributed by atoms with van der Waals surface area (Å²) in [6.07, 6.45) is 3.11. The number of hydrogen-bond acceptors (Lipinski definition) is 4. The molecule has 9 heteroatoms. The van der Waals surface area contributed by atoms with Crippen molar-refractivity contribution < 1.29 is 22.4 Å². The van der Waals surface area contributed by atoms with Crippen LogP contribution in [0.2, 0.25) is 5.02 Å². The number of aryl methyl sites for hydroxylation is 1. The zero-order chi connectivity index (χ0) is 27.4. The average molecular weight is 557 g/mol. The largest absolute Gasteiger partial charge is 0.312 e. The van der Waals surface area contributed by atoms with E-state index in [1.165, 1.54) is 12.1 Å². The lowest BCUT2D eigenvalue weighted by molar-refractivity contribution is -0.128. The molecule has 38 heavy (non-hydrogen) atoms. The fraction of sp³-hybridized carbons (Fsp3) is 0.310. The van der Waals surface area contributed by atoms with E-state index in [2.05, 4.69) is 4.72 Å². The normalized spacial score (nSPS) is 15.9. The van der Waals surface area contributed by atoms with E-state index in [4.69, 9.17) is 11.6 Å². The van der Waals surface area contributed by atoms with Gasteiger partial charge in [0.15, 0.2) is 0 Å². The predicted octanol–water partition coefficient (Wildman–Crippen LogP) is 6.02. The highest BCUT2D eigenvalue weighted by Crippen LogP contribution is 2.35. The molecule has 1 fully saturated rings. The van der Waals surface area contributed by atoms with Crippen LogP contribution in [0.15, 0.2) is 60.7 Å². The second kappa shape index (κ2) is 11.7. The molecule has 0 spiro atoms. The van der Waals surface area contributed by atoms with Gasteiger partial charge in [-0.2, -0.15) is 0 Å². The van der Waals surface area contributed by atoms with Crippen LogP contribution in [-0.4, -0.2) is 32.9 Å². The Morgan fingerprint density at radius 2 is 1.87 bits per heavy atom. The first-order valence-corrected chi connectivity index (χ1v) is 14.8. The summed E-state index contributed by atoms with van der Waals surface area (Å²) in [6.45, 7) is 2.55. The van der Waals surface area contributed by atoms with Crippen LogP contribution in [0.3, 0.4) is 0 Å². The van der Waals surface area contributed by atoms with Gasteiger partial charge in [0.05, 0.1) is 11.9 Å². The van der Waals surface area contributed by atoms with Gasteiger partial charge in [0.2, 0.25) is 15.9 Å². The fourth-order valence-electron chi connectivity index (χ4n) is 4.93. The zero-order valence-corrected chi connectivity index (χ0v) is 22.9. The predicted molar refractivity (Wildman–Crippen MR) is 150 cm³/mol. The number of hydrogen-bond donors (Lipinski definition) is 1. The molecule has 1 N–H and O–H groups in total. The van der Waals surface area contributed by atoms with Crippen LogP contribution in [0.1, 0.15) is 37.3 Å². The fourth-order valence-corrected chi connectivity index (χ4v) is 5.66. The summed E-state index contributed by atoms with van der Waals surface area (Å²) in [5.41, 5.74) is 4.06. The minimum atomic E-state index is -3.45. The molecule has 4 rings (SSSR count). The highest BCUT2D eigenvalue weighted by atomic mass is 35.5. The van der Waals surface area contributed by atoms with Gasteiger partial charge in [0, 0.05) is 41.6 Å². The Hall–Kier alpha value is -3.23. The Balaban J connectivity index is 1.54. The molecule has 3 aromatic carbocycles. The summed E-state index contributed by atoms with van der Waals surface area (Å²) in [5, 5.41) is 0.268. The second-order valence-electron chi connectivity index (χ2n) is 9.60. The Kier molecular flexibility index (Phi) is 8.53. The van der Waals surface area contributed by atoms with Crippen molar-refractivity contribution in [1.29, 1.82) is 0 Å². The number of nitrogens with one attached hydrogen (secondary N) is 1. The van der Waals surface area contributed by atoms with Crippen molar-refractivity contribution in [3.63, 3.8) is 0 Å². The zero-order valence-electron chi connectivity index (χ0n) is 21.3. The van der Waals surface area contributed by atoms with Crippen molar-refractivity contribution in [2.24, 2.45) is 5.92 Å². The van der Waals surface area contributed by atoms with Crippen LogP contribution < -0.4 is 9.62 Å². The highest BCUT2D eigenvalue weighted by molar-refractivity contribution is 7.92. The molecule has 1 aliphatic heterocycles.